The molecule has 1 aliphatic carbocycles. The van der Waals surface area contributed by atoms with Gasteiger partial charge < -0.3 is 5.11 Å². The zero-order chi connectivity index (χ0) is 9.26. The van der Waals surface area contributed by atoms with Gasteiger partial charge in [-0.15, -0.1) is 0 Å². The molecule has 0 saturated carbocycles. The molecule has 0 atom stereocenters. The molecule has 0 saturated heterocycles. The minimum Gasteiger partial charge on any atom is -0.505 e. The highest BCUT2D eigenvalue weighted by atomic mass is 19.1. The molecule has 0 radical (unpaired) electrons. The lowest BCUT2D eigenvalue weighted by molar-refractivity contribution is 0.428. The molecule has 70 valence electrons. The van der Waals surface area contributed by atoms with Gasteiger partial charge in [0.1, 0.15) is 0 Å². The maximum Gasteiger partial charge on any atom is 0.168 e. The van der Waals surface area contributed by atoms with Gasteiger partial charge in [-0.25, -0.2) is 4.39 Å². The fourth-order valence-electron chi connectivity index (χ4n) is 1.95. The Morgan fingerprint density at radius 3 is 2.69 bits per heavy atom. The van der Waals surface area contributed by atoms with E-state index in [0.29, 0.717) is 0 Å². The largest absolute Gasteiger partial charge is 0.505 e. The van der Waals surface area contributed by atoms with Crippen LogP contribution in [0.4, 0.5) is 4.39 Å². The summed E-state index contributed by atoms with van der Waals surface area (Å²) < 4.78 is 13.4. The summed E-state index contributed by atoms with van der Waals surface area (Å²) in [5.74, 6) is -0.611. The Kier molecular flexibility index (Phi) is 2.21. The van der Waals surface area contributed by atoms with Gasteiger partial charge in [0, 0.05) is 0 Å². The predicted octanol–water partition coefficient (Wildman–Crippen LogP) is 2.80. The average Bonchev–Trinajstić information content (AvgIpc) is 2.36. The van der Waals surface area contributed by atoms with Crippen LogP contribution in [-0.2, 0) is 12.8 Å². The Hall–Kier alpha value is -1.05. The third-order valence-electron chi connectivity index (χ3n) is 2.69. The topological polar surface area (TPSA) is 20.2 Å². The number of rotatable bonds is 0. The summed E-state index contributed by atoms with van der Waals surface area (Å²) in [5, 5.41) is 9.19. The van der Waals surface area contributed by atoms with E-state index < -0.39 is 5.82 Å². The van der Waals surface area contributed by atoms with Crippen LogP contribution in [0.15, 0.2) is 12.1 Å². The minimum absolute atomic E-state index is 0.208. The number of aromatic hydroxyl groups is 1. The van der Waals surface area contributed by atoms with Crippen molar-refractivity contribution >= 4 is 0 Å². The molecule has 0 amide bonds. The van der Waals surface area contributed by atoms with Crippen LogP contribution in [0.1, 0.15) is 30.4 Å². The fraction of sp³-hybridized carbons (Fsp3) is 0.455. The molecule has 0 bridgehead atoms. The van der Waals surface area contributed by atoms with Crippen molar-refractivity contribution in [3.63, 3.8) is 0 Å². The van der Waals surface area contributed by atoms with Crippen molar-refractivity contribution in [2.45, 2.75) is 32.1 Å². The van der Waals surface area contributed by atoms with Crippen LogP contribution in [0.3, 0.4) is 0 Å². The van der Waals surface area contributed by atoms with Crippen molar-refractivity contribution in [2.24, 2.45) is 0 Å². The van der Waals surface area contributed by atoms with E-state index in [9.17, 15) is 9.50 Å². The lowest BCUT2D eigenvalue weighted by Crippen LogP contribution is -1.95. The van der Waals surface area contributed by atoms with Gasteiger partial charge in [-0.3, -0.25) is 0 Å². The molecule has 0 unspecified atom stereocenters. The first kappa shape index (κ1) is 8.54. The molecular weight excluding hydrogens is 167 g/mol. The van der Waals surface area contributed by atoms with Crippen LogP contribution < -0.4 is 0 Å². The van der Waals surface area contributed by atoms with E-state index in [1.807, 2.05) is 6.07 Å². The summed E-state index contributed by atoms with van der Waals surface area (Å²) >= 11 is 0. The number of benzene rings is 1. The molecule has 0 heterocycles. The van der Waals surface area contributed by atoms with Gasteiger partial charge in [0.25, 0.3) is 0 Å². The highest BCUT2D eigenvalue weighted by Gasteiger charge is 2.14. The summed E-state index contributed by atoms with van der Waals surface area (Å²) in [4.78, 5) is 0. The van der Waals surface area contributed by atoms with Crippen LogP contribution in [-0.4, -0.2) is 5.11 Å². The van der Waals surface area contributed by atoms with E-state index in [0.717, 1.165) is 43.2 Å². The second-order valence-corrected chi connectivity index (χ2v) is 3.60. The number of halogens is 1. The highest BCUT2D eigenvalue weighted by molar-refractivity contribution is 5.37. The van der Waals surface area contributed by atoms with Gasteiger partial charge in [0.2, 0.25) is 0 Å². The summed E-state index contributed by atoms with van der Waals surface area (Å²) in [6, 6.07) is 3.30. The van der Waals surface area contributed by atoms with Crippen molar-refractivity contribution in [1.29, 1.82) is 0 Å². The van der Waals surface area contributed by atoms with Gasteiger partial charge >= 0.3 is 0 Å². The van der Waals surface area contributed by atoms with Crippen LogP contribution in [0.2, 0.25) is 0 Å². The standard InChI is InChI=1S/C11H13FO/c12-11-9-5-3-1-2-4-8(9)6-7-10(11)13/h6-7,13H,1-5H2. The molecule has 0 fully saturated rings. The molecule has 2 heteroatoms. The first-order valence-corrected chi connectivity index (χ1v) is 4.78. The second kappa shape index (κ2) is 3.36. The maximum absolute atomic E-state index is 13.4. The Morgan fingerprint density at radius 1 is 1.08 bits per heavy atom. The van der Waals surface area contributed by atoms with Crippen molar-refractivity contribution in [3.05, 3.63) is 29.1 Å². The Bertz CT molecular complexity index is 320. The fourth-order valence-corrected chi connectivity index (χ4v) is 1.95. The molecule has 0 aromatic heterocycles. The number of phenolic OH excluding ortho intramolecular Hbond substituents is 1. The maximum atomic E-state index is 13.4. The lowest BCUT2D eigenvalue weighted by Gasteiger charge is -2.07. The second-order valence-electron chi connectivity index (χ2n) is 3.60. The van der Waals surface area contributed by atoms with Crippen LogP contribution in [0, 0.1) is 5.82 Å². The quantitative estimate of drug-likeness (QED) is 0.609. The molecule has 0 spiro atoms. The number of hydrogen-bond acceptors (Lipinski definition) is 1. The highest BCUT2D eigenvalue weighted by Crippen LogP contribution is 2.27. The molecule has 2 rings (SSSR count). The van der Waals surface area contributed by atoms with E-state index in [-0.39, 0.29) is 5.75 Å². The molecule has 0 aliphatic heterocycles. The Balaban J connectivity index is 2.48. The van der Waals surface area contributed by atoms with Gasteiger partial charge in [-0.2, -0.15) is 0 Å². The van der Waals surface area contributed by atoms with Crippen LogP contribution in [0.5, 0.6) is 5.75 Å². The van der Waals surface area contributed by atoms with Crippen LogP contribution in [0.25, 0.3) is 0 Å². The van der Waals surface area contributed by atoms with E-state index in [4.69, 9.17) is 0 Å². The van der Waals surface area contributed by atoms with Crippen LogP contribution >= 0.6 is 0 Å². The minimum atomic E-state index is -0.403. The van der Waals surface area contributed by atoms with Crippen molar-refractivity contribution in [2.75, 3.05) is 0 Å². The summed E-state index contributed by atoms with van der Waals surface area (Å²) in [6.07, 6.45) is 5.06. The zero-order valence-electron chi connectivity index (χ0n) is 7.52. The molecule has 1 aliphatic rings. The normalized spacial score (nSPS) is 16.4. The average molecular weight is 180 g/mol. The molecule has 1 aromatic rings. The van der Waals surface area contributed by atoms with E-state index in [1.165, 1.54) is 6.07 Å². The third kappa shape index (κ3) is 1.53. The lowest BCUT2D eigenvalue weighted by atomic mass is 10.0. The molecular formula is C11H13FO. The molecule has 1 N–H and O–H groups in total. The van der Waals surface area contributed by atoms with Gasteiger partial charge in [0.05, 0.1) is 0 Å². The predicted molar refractivity (Wildman–Crippen MR) is 49.3 cm³/mol. The SMILES string of the molecule is Oc1ccc2c(c1F)CCCCC2. The molecule has 1 aromatic carbocycles. The van der Waals surface area contributed by atoms with Gasteiger partial charge in [-0.05, 0) is 42.9 Å². The first-order chi connectivity index (χ1) is 6.29. The Morgan fingerprint density at radius 2 is 1.85 bits per heavy atom. The smallest absolute Gasteiger partial charge is 0.168 e. The third-order valence-corrected chi connectivity index (χ3v) is 2.69. The van der Waals surface area contributed by atoms with E-state index >= 15 is 0 Å². The van der Waals surface area contributed by atoms with Crippen molar-refractivity contribution in [1.82, 2.24) is 0 Å². The number of phenols is 1. The molecule has 13 heavy (non-hydrogen) atoms. The van der Waals surface area contributed by atoms with Gasteiger partial charge in [-0.1, -0.05) is 12.5 Å². The summed E-state index contributed by atoms with van der Waals surface area (Å²) in [6.45, 7) is 0. The monoisotopic (exact) mass is 180 g/mol. The number of hydrogen-bond donors (Lipinski definition) is 1. The zero-order valence-corrected chi connectivity index (χ0v) is 7.52. The van der Waals surface area contributed by atoms with Crippen molar-refractivity contribution < 1.29 is 9.50 Å². The molecule has 1 nitrogen and oxygen atoms in total. The first-order valence-electron chi connectivity index (χ1n) is 4.78. The number of fused-ring (bicyclic) bond motifs is 1. The summed E-state index contributed by atoms with van der Waals surface area (Å²) in [5.41, 5.74) is 1.81. The summed E-state index contributed by atoms with van der Waals surface area (Å²) in [7, 11) is 0. The van der Waals surface area contributed by atoms with Gasteiger partial charge in [0.15, 0.2) is 11.6 Å². The van der Waals surface area contributed by atoms with E-state index in [2.05, 4.69) is 0 Å². The van der Waals surface area contributed by atoms with Crippen molar-refractivity contribution in [3.8, 4) is 5.75 Å². The number of aryl methyl sites for hydroxylation is 1. The Labute approximate surface area is 77.2 Å². The van der Waals surface area contributed by atoms with E-state index in [1.54, 1.807) is 0 Å².